The van der Waals surface area contributed by atoms with E-state index in [2.05, 4.69) is 4.98 Å². The van der Waals surface area contributed by atoms with Gasteiger partial charge in [-0.2, -0.15) is 0 Å². The van der Waals surface area contributed by atoms with Crippen LogP contribution in [0.15, 0.2) is 28.0 Å². The first-order chi connectivity index (χ1) is 8.46. The van der Waals surface area contributed by atoms with Gasteiger partial charge in [-0.3, -0.25) is 4.98 Å². The van der Waals surface area contributed by atoms with E-state index in [1.54, 1.807) is 29.7 Å². The van der Waals surface area contributed by atoms with Crippen molar-refractivity contribution < 1.29 is 9.53 Å². The molecule has 18 heavy (non-hydrogen) atoms. The van der Waals surface area contributed by atoms with Gasteiger partial charge in [0.1, 0.15) is 5.60 Å². The predicted molar refractivity (Wildman–Crippen MR) is 75.7 cm³/mol. The molecule has 0 saturated heterocycles. The molecule has 1 aliphatic heterocycles. The predicted octanol–water partition coefficient (Wildman–Crippen LogP) is 3.85. The van der Waals surface area contributed by atoms with Crippen molar-refractivity contribution in [2.24, 2.45) is 0 Å². The van der Waals surface area contributed by atoms with Crippen LogP contribution in [0.25, 0.3) is 0 Å². The van der Waals surface area contributed by atoms with Crippen LogP contribution >= 0.6 is 23.5 Å². The molecule has 0 aliphatic carbocycles. The smallest absolute Gasteiger partial charge is 0.340 e. The summed E-state index contributed by atoms with van der Waals surface area (Å²) in [5, 5.41) is 4.05. The second kappa shape index (κ2) is 5.36. The van der Waals surface area contributed by atoms with Gasteiger partial charge in [-0.1, -0.05) is 11.8 Å². The van der Waals surface area contributed by atoms with Gasteiger partial charge in [-0.15, -0.1) is 11.8 Å². The zero-order chi connectivity index (χ0) is 13.2. The third-order valence-electron chi connectivity index (χ3n) is 2.13. The van der Waals surface area contributed by atoms with Crippen LogP contribution in [0.1, 0.15) is 36.8 Å². The molecule has 0 amide bonds. The highest BCUT2D eigenvalue weighted by Crippen LogP contribution is 2.31. The number of esters is 1. The van der Waals surface area contributed by atoms with Gasteiger partial charge in [0.05, 0.1) is 11.3 Å². The van der Waals surface area contributed by atoms with Gasteiger partial charge in [0.15, 0.2) is 0 Å². The molecule has 1 aromatic rings. The van der Waals surface area contributed by atoms with Gasteiger partial charge < -0.3 is 4.74 Å². The van der Waals surface area contributed by atoms with E-state index in [9.17, 15) is 4.79 Å². The van der Waals surface area contributed by atoms with Crippen LogP contribution in [0.3, 0.4) is 0 Å². The molecule has 2 heterocycles. The monoisotopic (exact) mass is 281 g/mol. The molecule has 3 nitrogen and oxygen atoms in total. The minimum absolute atomic E-state index is 0.320. The Morgan fingerprint density at radius 2 is 2.17 bits per heavy atom. The Labute approximate surface area is 115 Å². The van der Waals surface area contributed by atoms with Gasteiger partial charge in [0.2, 0.25) is 0 Å². The second-order valence-electron chi connectivity index (χ2n) is 4.87. The lowest BCUT2D eigenvalue weighted by Crippen LogP contribution is -2.24. The van der Waals surface area contributed by atoms with Gasteiger partial charge in [0, 0.05) is 16.8 Å². The van der Waals surface area contributed by atoms with E-state index in [0.29, 0.717) is 5.56 Å². The fourth-order valence-electron chi connectivity index (χ4n) is 1.40. The number of hydrogen-bond donors (Lipinski definition) is 0. The number of carbonyl (C=O) groups is 1. The van der Waals surface area contributed by atoms with Crippen LogP contribution in [-0.2, 0) is 10.5 Å². The second-order valence-corrected chi connectivity index (χ2v) is 6.71. The minimum atomic E-state index is -0.479. The molecule has 96 valence electrons. The maximum atomic E-state index is 11.9. The number of pyridine rings is 1. The molecular formula is C13H15NO2S2. The largest absolute Gasteiger partial charge is 0.456 e. The maximum Gasteiger partial charge on any atom is 0.340 e. The summed E-state index contributed by atoms with van der Waals surface area (Å²) in [6.07, 6.45) is 1.60. The van der Waals surface area contributed by atoms with E-state index in [-0.39, 0.29) is 5.97 Å². The molecule has 0 saturated carbocycles. The third kappa shape index (κ3) is 3.53. The number of nitrogens with zero attached hydrogens (tertiary/aromatic N) is 1. The first-order valence-electron chi connectivity index (χ1n) is 5.61. The summed E-state index contributed by atoms with van der Waals surface area (Å²) in [5.74, 6) is 0.521. The van der Waals surface area contributed by atoms with E-state index < -0.39 is 5.60 Å². The van der Waals surface area contributed by atoms with Crippen molar-refractivity contribution in [1.29, 1.82) is 0 Å². The van der Waals surface area contributed by atoms with E-state index in [4.69, 9.17) is 4.74 Å². The molecule has 0 unspecified atom stereocenters. The highest BCUT2D eigenvalue weighted by atomic mass is 32.2. The topological polar surface area (TPSA) is 39.2 Å². The number of aromatic nitrogens is 1. The summed E-state index contributed by atoms with van der Waals surface area (Å²) in [4.78, 5) is 17.3. The van der Waals surface area contributed by atoms with Crippen LogP contribution < -0.4 is 0 Å². The maximum absolute atomic E-state index is 11.9. The quantitative estimate of drug-likeness (QED) is 0.731. The summed E-state index contributed by atoms with van der Waals surface area (Å²) in [6.45, 7) is 5.57. The fourth-order valence-corrected chi connectivity index (χ4v) is 3.11. The zero-order valence-corrected chi connectivity index (χ0v) is 12.2. The normalized spacial score (nSPS) is 14.8. The first kappa shape index (κ1) is 13.5. The Bertz CT molecular complexity index is 492. The number of carbonyl (C=O) groups excluding carboxylic acids is 1. The molecule has 0 N–H and O–H groups in total. The Balaban J connectivity index is 2.22. The van der Waals surface area contributed by atoms with Gasteiger partial charge in [-0.25, -0.2) is 4.79 Å². The average Bonchev–Trinajstić information content (AvgIpc) is 2.50. The Morgan fingerprint density at radius 3 is 2.89 bits per heavy atom. The van der Waals surface area contributed by atoms with E-state index >= 15 is 0 Å². The highest BCUT2D eigenvalue weighted by Gasteiger charge is 2.19. The Morgan fingerprint density at radius 1 is 1.39 bits per heavy atom. The fraction of sp³-hybridized carbons (Fsp3) is 0.385. The van der Waals surface area contributed by atoms with Crippen molar-refractivity contribution in [2.45, 2.75) is 37.0 Å². The molecule has 2 rings (SSSR count). The number of hydrogen-bond acceptors (Lipinski definition) is 5. The van der Waals surface area contributed by atoms with Crippen LogP contribution in [0, 0.1) is 0 Å². The molecule has 0 atom stereocenters. The summed E-state index contributed by atoms with van der Waals surface area (Å²) in [7, 11) is 0. The lowest BCUT2D eigenvalue weighted by molar-refractivity contribution is 0.00688. The Hall–Kier alpha value is -0.940. The zero-order valence-electron chi connectivity index (χ0n) is 10.6. The number of rotatable bonds is 1. The Kier molecular flexibility index (Phi) is 4.02. The van der Waals surface area contributed by atoms with Crippen LogP contribution in [-0.4, -0.2) is 16.6 Å². The summed E-state index contributed by atoms with van der Waals surface area (Å²) >= 11 is 3.29. The summed E-state index contributed by atoms with van der Waals surface area (Å²) < 4.78 is 5.33. The standard InChI is InChI=1S/C13H15NO2S2/c1-13(2,3)16-12(15)9-6-11-10(14-7-9)8-17-4-5-18-11/h4-7H,8H2,1-3H3. The van der Waals surface area contributed by atoms with Crippen molar-refractivity contribution in [2.75, 3.05) is 0 Å². The van der Waals surface area contributed by atoms with Crippen molar-refractivity contribution >= 4 is 29.5 Å². The molecule has 0 spiro atoms. The van der Waals surface area contributed by atoms with Crippen molar-refractivity contribution in [3.63, 3.8) is 0 Å². The molecular weight excluding hydrogens is 266 g/mol. The highest BCUT2D eigenvalue weighted by molar-refractivity contribution is 8.05. The number of ether oxygens (including phenoxy) is 1. The SMILES string of the molecule is CC(C)(C)OC(=O)c1cnc2c(c1)SC=CSC2. The summed E-state index contributed by atoms with van der Waals surface area (Å²) in [5.41, 5.74) is 1.05. The van der Waals surface area contributed by atoms with Crippen LogP contribution in [0.5, 0.6) is 0 Å². The molecule has 0 bridgehead atoms. The molecule has 1 aliphatic rings. The molecule has 5 heteroatoms. The van der Waals surface area contributed by atoms with Gasteiger partial charge in [-0.05, 0) is 37.7 Å². The average molecular weight is 281 g/mol. The van der Waals surface area contributed by atoms with Crippen molar-refractivity contribution in [1.82, 2.24) is 4.98 Å². The van der Waals surface area contributed by atoms with Crippen molar-refractivity contribution in [3.05, 3.63) is 34.3 Å². The van der Waals surface area contributed by atoms with Crippen molar-refractivity contribution in [3.8, 4) is 0 Å². The van der Waals surface area contributed by atoms with Gasteiger partial charge >= 0.3 is 5.97 Å². The van der Waals surface area contributed by atoms with E-state index in [1.807, 2.05) is 37.7 Å². The van der Waals surface area contributed by atoms with E-state index in [1.165, 1.54) is 0 Å². The van der Waals surface area contributed by atoms with Crippen LogP contribution in [0.2, 0.25) is 0 Å². The lowest BCUT2D eigenvalue weighted by atomic mass is 10.2. The summed E-state index contributed by atoms with van der Waals surface area (Å²) in [6, 6.07) is 1.86. The molecule has 0 radical (unpaired) electrons. The molecule has 1 aromatic heterocycles. The lowest BCUT2D eigenvalue weighted by Gasteiger charge is -2.19. The molecule has 0 fully saturated rings. The van der Waals surface area contributed by atoms with Crippen LogP contribution in [0.4, 0.5) is 0 Å². The minimum Gasteiger partial charge on any atom is -0.456 e. The molecule has 0 aromatic carbocycles. The van der Waals surface area contributed by atoms with E-state index in [0.717, 1.165) is 16.3 Å². The third-order valence-corrected chi connectivity index (χ3v) is 3.95. The van der Waals surface area contributed by atoms with Gasteiger partial charge in [0.25, 0.3) is 0 Å². The number of fused-ring (bicyclic) bond motifs is 1. The first-order valence-corrected chi connectivity index (χ1v) is 7.54. The number of thioether (sulfide) groups is 2.